The molecule has 0 fully saturated rings. The second-order valence-corrected chi connectivity index (χ2v) is 5.54. The number of carbonyl (C=O) groups excluding carboxylic acids is 1. The molecule has 5 heteroatoms. The summed E-state index contributed by atoms with van der Waals surface area (Å²) < 4.78 is 1.76. The lowest BCUT2D eigenvalue weighted by molar-refractivity contribution is 0.101. The van der Waals surface area contributed by atoms with Crippen LogP contribution in [0, 0.1) is 13.8 Å². The van der Waals surface area contributed by atoms with Crippen LogP contribution in [0.5, 0.6) is 0 Å². The first-order valence-electron chi connectivity index (χ1n) is 6.52. The SMILES string of the molecule is Cc1ccc(C)n1NC(=O)c1cc(Cl)nc(C(C)C)c1. The van der Waals surface area contributed by atoms with Gasteiger partial charge in [0.1, 0.15) is 5.15 Å². The molecule has 0 saturated heterocycles. The van der Waals surface area contributed by atoms with Crippen LogP contribution in [0.25, 0.3) is 0 Å². The van der Waals surface area contributed by atoms with Crippen LogP contribution in [0.3, 0.4) is 0 Å². The fraction of sp³-hybridized carbons (Fsp3) is 0.333. The molecule has 0 aliphatic heterocycles. The van der Waals surface area contributed by atoms with E-state index in [1.54, 1.807) is 16.8 Å². The Morgan fingerprint density at radius 2 is 1.85 bits per heavy atom. The fourth-order valence-corrected chi connectivity index (χ4v) is 2.17. The molecule has 2 rings (SSSR count). The number of aromatic nitrogens is 2. The molecular weight excluding hydrogens is 274 g/mol. The van der Waals surface area contributed by atoms with Crippen molar-refractivity contribution in [3.63, 3.8) is 0 Å². The maximum atomic E-state index is 12.3. The van der Waals surface area contributed by atoms with E-state index >= 15 is 0 Å². The van der Waals surface area contributed by atoms with Crippen molar-refractivity contribution in [2.75, 3.05) is 5.43 Å². The highest BCUT2D eigenvalue weighted by Gasteiger charge is 2.12. The second-order valence-electron chi connectivity index (χ2n) is 5.15. The zero-order valence-electron chi connectivity index (χ0n) is 12.1. The first-order valence-corrected chi connectivity index (χ1v) is 6.90. The molecule has 0 atom stereocenters. The van der Waals surface area contributed by atoms with Crippen LogP contribution < -0.4 is 5.43 Å². The number of amides is 1. The molecule has 0 aliphatic carbocycles. The number of hydrogen-bond donors (Lipinski definition) is 1. The maximum Gasteiger partial charge on any atom is 0.270 e. The number of nitrogens with zero attached hydrogens (tertiary/aromatic N) is 2. The third kappa shape index (κ3) is 3.02. The van der Waals surface area contributed by atoms with Gasteiger partial charge in [-0.1, -0.05) is 25.4 Å². The standard InChI is InChI=1S/C15H18ClN3O/c1-9(2)13-7-12(8-14(16)17-13)15(20)18-19-10(3)5-6-11(19)4/h5-9H,1-4H3,(H,18,20). The molecule has 2 aromatic rings. The van der Waals surface area contributed by atoms with Gasteiger partial charge in [0.2, 0.25) is 0 Å². The van der Waals surface area contributed by atoms with E-state index in [0.717, 1.165) is 17.1 Å². The Balaban J connectivity index is 2.30. The van der Waals surface area contributed by atoms with E-state index in [2.05, 4.69) is 10.4 Å². The highest BCUT2D eigenvalue weighted by molar-refractivity contribution is 6.29. The van der Waals surface area contributed by atoms with Crippen molar-refractivity contribution >= 4 is 17.5 Å². The zero-order valence-corrected chi connectivity index (χ0v) is 12.8. The molecule has 4 nitrogen and oxygen atoms in total. The normalized spacial score (nSPS) is 10.9. The van der Waals surface area contributed by atoms with Crippen molar-refractivity contribution in [1.29, 1.82) is 0 Å². The Hall–Kier alpha value is -1.81. The number of pyridine rings is 1. The lowest BCUT2D eigenvalue weighted by Gasteiger charge is -2.12. The summed E-state index contributed by atoms with van der Waals surface area (Å²) in [7, 11) is 0. The number of nitrogens with one attached hydrogen (secondary N) is 1. The average Bonchev–Trinajstić information content (AvgIpc) is 2.69. The Kier molecular flexibility index (Phi) is 4.14. The molecule has 0 aromatic carbocycles. The molecular formula is C15H18ClN3O. The van der Waals surface area contributed by atoms with Crippen molar-refractivity contribution in [3.05, 3.63) is 52.1 Å². The number of aryl methyl sites for hydroxylation is 2. The highest BCUT2D eigenvalue weighted by atomic mass is 35.5. The maximum absolute atomic E-state index is 12.3. The van der Waals surface area contributed by atoms with Gasteiger partial charge in [-0.25, -0.2) is 4.98 Å². The largest absolute Gasteiger partial charge is 0.270 e. The zero-order chi connectivity index (χ0) is 14.9. The van der Waals surface area contributed by atoms with Gasteiger partial charge in [0, 0.05) is 22.6 Å². The molecule has 1 amide bonds. The van der Waals surface area contributed by atoms with Crippen molar-refractivity contribution in [3.8, 4) is 0 Å². The molecule has 0 unspecified atom stereocenters. The quantitative estimate of drug-likeness (QED) is 0.877. The van der Waals surface area contributed by atoms with Crippen LogP contribution in [0.15, 0.2) is 24.3 Å². The average molecular weight is 292 g/mol. The summed E-state index contributed by atoms with van der Waals surface area (Å²) in [6, 6.07) is 7.26. The summed E-state index contributed by atoms with van der Waals surface area (Å²) >= 11 is 5.98. The molecule has 0 radical (unpaired) electrons. The van der Waals surface area contributed by atoms with Crippen LogP contribution >= 0.6 is 11.6 Å². The Morgan fingerprint density at radius 1 is 1.25 bits per heavy atom. The first-order chi connectivity index (χ1) is 9.38. The van der Waals surface area contributed by atoms with Crippen LogP contribution in [0.1, 0.15) is 47.2 Å². The van der Waals surface area contributed by atoms with E-state index in [9.17, 15) is 4.79 Å². The van der Waals surface area contributed by atoms with E-state index in [0.29, 0.717) is 10.7 Å². The number of rotatable bonds is 3. The highest BCUT2D eigenvalue weighted by Crippen LogP contribution is 2.18. The summed E-state index contributed by atoms with van der Waals surface area (Å²) in [5.41, 5.74) is 6.13. The minimum atomic E-state index is -0.196. The molecule has 1 N–H and O–H groups in total. The van der Waals surface area contributed by atoms with Crippen molar-refractivity contribution in [2.45, 2.75) is 33.6 Å². The Bertz CT molecular complexity index is 627. The van der Waals surface area contributed by atoms with Gasteiger partial charge < -0.3 is 0 Å². The summed E-state index contributed by atoms with van der Waals surface area (Å²) in [6.07, 6.45) is 0. The molecule has 20 heavy (non-hydrogen) atoms. The summed E-state index contributed by atoms with van der Waals surface area (Å²) in [4.78, 5) is 16.6. The Morgan fingerprint density at radius 3 is 2.40 bits per heavy atom. The number of carbonyl (C=O) groups is 1. The van der Waals surface area contributed by atoms with Gasteiger partial charge in [0.25, 0.3) is 5.91 Å². The van der Waals surface area contributed by atoms with Crippen LogP contribution in [0.2, 0.25) is 5.15 Å². The van der Waals surface area contributed by atoms with Gasteiger partial charge in [0.05, 0.1) is 0 Å². The molecule has 2 heterocycles. The third-order valence-corrected chi connectivity index (χ3v) is 3.35. The van der Waals surface area contributed by atoms with E-state index in [-0.39, 0.29) is 11.8 Å². The first kappa shape index (κ1) is 14.6. The topological polar surface area (TPSA) is 46.9 Å². The number of halogens is 1. The lowest BCUT2D eigenvalue weighted by atomic mass is 10.1. The van der Waals surface area contributed by atoms with E-state index < -0.39 is 0 Å². The summed E-state index contributed by atoms with van der Waals surface area (Å²) in [6.45, 7) is 7.90. The lowest BCUT2D eigenvalue weighted by Crippen LogP contribution is -2.25. The summed E-state index contributed by atoms with van der Waals surface area (Å²) in [5, 5.41) is 0.335. The third-order valence-electron chi connectivity index (χ3n) is 3.15. The minimum absolute atomic E-state index is 0.196. The molecule has 0 bridgehead atoms. The van der Waals surface area contributed by atoms with Gasteiger partial charge in [-0.2, -0.15) is 0 Å². The van der Waals surface area contributed by atoms with Gasteiger partial charge >= 0.3 is 0 Å². The predicted octanol–water partition coefficient (Wildman–Crippen LogP) is 3.66. The van der Waals surface area contributed by atoms with Crippen molar-refractivity contribution in [1.82, 2.24) is 9.66 Å². The van der Waals surface area contributed by atoms with Crippen molar-refractivity contribution < 1.29 is 4.79 Å². The van der Waals surface area contributed by atoms with Crippen LogP contribution in [-0.4, -0.2) is 15.6 Å². The van der Waals surface area contributed by atoms with Crippen LogP contribution in [-0.2, 0) is 0 Å². The van der Waals surface area contributed by atoms with Crippen LogP contribution in [0.4, 0.5) is 0 Å². The van der Waals surface area contributed by atoms with Crippen molar-refractivity contribution in [2.24, 2.45) is 0 Å². The molecule has 0 spiro atoms. The van der Waals surface area contributed by atoms with Gasteiger partial charge in [-0.15, -0.1) is 0 Å². The minimum Gasteiger partial charge on any atom is -0.267 e. The second kappa shape index (κ2) is 5.67. The Labute approximate surface area is 123 Å². The predicted molar refractivity (Wildman–Crippen MR) is 80.9 cm³/mol. The van der Waals surface area contributed by atoms with E-state index in [1.165, 1.54) is 0 Å². The molecule has 2 aromatic heterocycles. The van der Waals surface area contributed by atoms with E-state index in [1.807, 2.05) is 39.8 Å². The van der Waals surface area contributed by atoms with Gasteiger partial charge in [-0.05, 0) is 44.0 Å². The van der Waals surface area contributed by atoms with Gasteiger partial charge in [0.15, 0.2) is 0 Å². The molecule has 106 valence electrons. The number of hydrogen-bond acceptors (Lipinski definition) is 2. The summed E-state index contributed by atoms with van der Waals surface area (Å²) in [5.74, 6) is 0.0221. The molecule has 0 saturated carbocycles. The fourth-order valence-electron chi connectivity index (χ4n) is 1.95. The van der Waals surface area contributed by atoms with Gasteiger partial charge in [-0.3, -0.25) is 14.9 Å². The van der Waals surface area contributed by atoms with E-state index in [4.69, 9.17) is 11.6 Å². The smallest absolute Gasteiger partial charge is 0.267 e. The molecule has 0 aliphatic rings. The monoisotopic (exact) mass is 291 g/mol.